The van der Waals surface area contributed by atoms with E-state index in [4.69, 9.17) is 27.9 Å². The number of anilines is 1. The van der Waals surface area contributed by atoms with Gasteiger partial charge in [-0.1, -0.05) is 23.2 Å². The van der Waals surface area contributed by atoms with Crippen LogP contribution in [-0.2, 0) is 4.74 Å². The van der Waals surface area contributed by atoms with Crippen LogP contribution in [0, 0.1) is 0 Å². The molecule has 0 aromatic heterocycles. The minimum atomic E-state index is -0.470. The van der Waals surface area contributed by atoms with Crippen LogP contribution in [0.2, 0.25) is 10.0 Å². The Labute approximate surface area is 116 Å². The Balaban J connectivity index is 1.88. The van der Waals surface area contributed by atoms with Crippen molar-refractivity contribution in [1.82, 2.24) is 5.32 Å². The molecule has 1 aliphatic rings. The van der Waals surface area contributed by atoms with Crippen molar-refractivity contribution >= 4 is 35.0 Å². The molecule has 1 amide bonds. The number of hydrogen-bond donors (Lipinski definition) is 2. The summed E-state index contributed by atoms with van der Waals surface area (Å²) in [6.07, 6.45) is 1.37. The average molecular weight is 289 g/mol. The second-order valence-corrected chi connectivity index (χ2v) is 4.94. The molecular formula is C12H14Cl2N2O2. The van der Waals surface area contributed by atoms with Gasteiger partial charge in [-0.15, -0.1) is 0 Å². The second kappa shape index (κ2) is 6.27. The Kier molecular flexibility index (Phi) is 4.69. The number of benzene rings is 1. The van der Waals surface area contributed by atoms with E-state index >= 15 is 0 Å². The molecule has 1 saturated heterocycles. The largest absolute Gasteiger partial charge is 0.445 e. The summed E-state index contributed by atoms with van der Waals surface area (Å²) >= 11 is 11.6. The van der Waals surface area contributed by atoms with Gasteiger partial charge in [0.2, 0.25) is 0 Å². The van der Waals surface area contributed by atoms with E-state index in [1.807, 2.05) is 0 Å². The predicted molar refractivity (Wildman–Crippen MR) is 72.5 cm³/mol. The van der Waals surface area contributed by atoms with Gasteiger partial charge in [0.25, 0.3) is 0 Å². The fraction of sp³-hybridized carbons (Fsp3) is 0.417. The third-order valence-corrected chi connectivity index (χ3v) is 3.43. The quantitative estimate of drug-likeness (QED) is 0.878. The van der Waals surface area contributed by atoms with Crippen LogP contribution in [-0.4, -0.2) is 25.3 Å². The molecule has 2 rings (SSSR count). The topological polar surface area (TPSA) is 50.4 Å². The lowest BCUT2D eigenvalue weighted by atomic mass is 10.1. The Morgan fingerprint density at radius 1 is 1.39 bits per heavy atom. The molecule has 1 aromatic carbocycles. The van der Waals surface area contributed by atoms with Crippen molar-refractivity contribution in [2.45, 2.75) is 18.9 Å². The minimum absolute atomic E-state index is 0.0680. The third kappa shape index (κ3) is 3.77. The van der Waals surface area contributed by atoms with E-state index in [1.54, 1.807) is 18.2 Å². The maximum atomic E-state index is 11.6. The molecule has 1 heterocycles. The second-order valence-electron chi connectivity index (χ2n) is 4.13. The van der Waals surface area contributed by atoms with E-state index in [2.05, 4.69) is 10.6 Å². The monoisotopic (exact) mass is 288 g/mol. The van der Waals surface area contributed by atoms with Gasteiger partial charge in [-0.2, -0.15) is 0 Å². The summed E-state index contributed by atoms with van der Waals surface area (Å²) < 4.78 is 5.28. The molecule has 1 atom stereocenters. The van der Waals surface area contributed by atoms with Crippen molar-refractivity contribution in [3.8, 4) is 0 Å². The summed E-state index contributed by atoms with van der Waals surface area (Å²) in [6, 6.07) is 4.89. The molecular weight excluding hydrogens is 275 g/mol. The van der Waals surface area contributed by atoms with E-state index in [0.29, 0.717) is 22.3 Å². The van der Waals surface area contributed by atoms with Gasteiger partial charge in [0.1, 0.15) is 6.10 Å². The van der Waals surface area contributed by atoms with Crippen molar-refractivity contribution in [1.29, 1.82) is 0 Å². The normalized spacial score (nSPS) is 19.3. The Bertz CT molecular complexity index is 434. The molecule has 1 fully saturated rings. The van der Waals surface area contributed by atoms with Crippen molar-refractivity contribution in [2.75, 3.05) is 18.4 Å². The highest BCUT2D eigenvalue weighted by atomic mass is 35.5. The lowest BCUT2D eigenvalue weighted by Gasteiger charge is -2.22. The van der Waals surface area contributed by atoms with E-state index in [-0.39, 0.29) is 6.10 Å². The molecule has 1 unspecified atom stereocenters. The number of amides is 1. The number of carbonyl (C=O) groups excluding carboxylic acids is 1. The zero-order valence-electron chi connectivity index (χ0n) is 9.71. The van der Waals surface area contributed by atoms with Crippen LogP contribution in [0.1, 0.15) is 12.8 Å². The first-order chi connectivity index (χ1) is 8.65. The van der Waals surface area contributed by atoms with Gasteiger partial charge in [-0.3, -0.25) is 5.32 Å². The Morgan fingerprint density at radius 3 is 2.89 bits per heavy atom. The SMILES string of the molecule is O=C(Nc1ccc(Cl)c(Cl)c1)OC1CCCNC1. The van der Waals surface area contributed by atoms with E-state index in [1.165, 1.54) is 0 Å². The van der Waals surface area contributed by atoms with Crippen molar-refractivity contribution < 1.29 is 9.53 Å². The molecule has 18 heavy (non-hydrogen) atoms. The van der Waals surface area contributed by atoms with Crippen molar-refractivity contribution in [3.05, 3.63) is 28.2 Å². The predicted octanol–water partition coefficient (Wildman–Crippen LogP) is 3.29. The molecule has 4 nitrogen and oxygen atoms in total. The first-order valence-corrected chi connectivity index (χ1v) is 6.54. The average Bonchev–Trinajstić information content (AvgIpc) is 2.35. The maximum absolute atomic E-state index is 11.6. The van der Waals surface area contributed by atoms with Crippen molar-refractivity contribution in [3.63, 3.8) is 0 Å². The van der Waals surface area contributed by atoms with Gasteiger partial charge in [0, 0.05) is 12.2 Å². The van der Waals surface area contributed by atoms with Crippen LogP contribution >= 0.6 is 23.2 Å². The van der Waals surface area contributed by atoms with Gasteiger partial charge in [0.15, 0.2) is 0 Å². The smallest absolute Gasteiger partial charge is 0.411 e. The molecule has 1 aromatic rings. The molecule has 2 N–H and O–H groups in total. The van der Waals surface area contributed by atoms with Crippen LogP contribution in [0.4, 0.5) is 10.5 Å². The molecule has 0 spiro atoms. The summed E-state index contributed by atoms with van der Waals surface area (Å²) in [4.78, 5) is 11.6. The first-order valence-electron chi connectivity index (χ1n) is 5.78. The number of halogens is 2. The Morgan fingerprint density at radius 2 is 2.22 bits per heavy atom. The fourth-order valence-corrected chi connectivity index (χ4v) is 2.09. The van der Waals surface area contributed by atoms with Crippen LogP contribution < -0.4 is 10.6 Å². The lowest BCUT2D eigenvalue weighted by Crippen LogP contribution is -2.37. The number of carbonyl (C=O) groups is 1. The zero-order chi connectivity index (χ0) is 13.0. The third-order valence-electron chi connectivity index (χ3n) is 2.69. The van der Waals surface area contributed by atoms with E-state index in [0.717, 1.165) is 19.4 Å². The van der Waals surface area contributed by atoms with Crippen molar-refractivity contribution in [2.24, 2.45) is 0 Å². The first kappa shape index (κ1) is 13.5. The van der Waals surface area contributed by atoms with Gasteiger partial charge in [-0.05, 0) is 37.6 Å². The highest BCUT2D eigenvalue weighted by Crippen LogP contribution is 2.25. The van der Waals surface area contributed by atoms with E-state index in [9.17, 15) is 4.79 Å². The number of nitrogens with one attached hydrogen (secondary N) is 2. The van der Waals surface area contributed by atoms with Gasteiger partial charge in [-0.25, -0.2) is 4.79 Å². The van der Waals surface area contributed by atoms with Crippen LogP contribution in [0.3, 0.4) is 0 Å². The lowest BCUT2D eigenvalue weighted by molar-refractivity contribution is 0.0941. The number of piperidine rings is 1. The van der Waals surface area contributed by atoms with Gasteiger partial charge in [0.05, 0.1) is 10.0 Å². The van der Waals surface area contributed by atoms with Crippen LogP contribution in [0.25, 0.3) is 0 Å². The van der Waals surface area contributed by atoms with Crippen LogP contribution in [0.15, 0.2) is 18.2 Å². The summed E-state index contributed by atoms with van der Waals surface area (Å²) in [6.45, 7) is 1.68. The maximum Gasteiger partial charge on any atom is 0.411 e. The van der Waals surface area contributed by atoms with E-state index < -0.39 is 6.09 Å². The summed E-state index contributed by atoms with van der Waals surface area (Å²) in [5.74, 6) is 0. The highest BCUT2D eigenvalue weighted by Gasteiger charge is 2.17. The summed E-state index contributed by atoms with van der Waals surface area (Å²) in [7, 11) is 0. The molecule has 0 bridgehead atoms. The van der Waals surface area contributed by atoms with Gasteiger partial charge >= 0.3 is 6.09 Å². The molecule has 0 radical (unpaired) electrons. The fourth-order valence-electron chi connectivity index (χ4n) is 1.79. The molecule has 1 aliphatic heterocycles. The number of hydrogen-bond acceptors (Lipinski definition) is 3. The Hall–Kier alpha value is -0.970. The molecule has 6 heteroatoms. The zero-order valence-corrected chi connectivity index (χ0v) is 11.2. The summed E-state index contributed by atoms with van der Waals surface area (Å²) in [5.41, 5.74) is 0.568. The molecule has 98 valence electrons. The molecule has 0 aliphatic carbocycles. The van der Waals surface area contributed by atoms with Gasteiger partial charge < -0.3 is 10.1 Å². The number of ether oxygens (including phenoxy) is 1. The molecule has 0 saturated carbocycles. The standard InChI is InChI=1S/C12H14Cl2N2O2/c13-10-4-3-8(6-11(10)14)16-12(17)18-9-2-1-5-15-7-9/h3-4,6,9,15H,1-2,5,7H2,(H,16,17). The highest BCUT2D eigenvalue weighted by molar-refractivity contribution is 6.42. The van der Waals surface area contributed by atoms with Crippen LogP contribution in [0.5, 0.6) is 0 Å². The minimum Gasteiger partial charge on any atom is -0.445 e. The summed E-state index contributed by atoms with van der Waals surface area (Å²) in [5, 5.41) is 6.65. The number of rotatable bonds is 2.